The third-order valence-electron chi connectivity index (χ3n) is 6.70. The summed E-state index contributed by atoms with van der Waals surface area (Å²) >= 11 is 0. The van der Waals surface area contributed by atoms with Crippen molar-refractivity contribution >= 4 is 18.3 Å². The Morgan fingerprint density at radius 2 is 1.76 bits per heavy atom. The minimum atomic E-state index is -0.273. The summed E-state index contributed by atoms with van der Waals surface area (Å²) in [5, 5.41) is 3.50. The molecule has 0 aromatic heterocycles. The van der Waals surface area contributed by atoms with Crippen molar-refractivity contribution in [1.29, 1.82) is 0 Å². The van der Waals surface area contributed by atoms with Crippen LogP contribution >= 0.6 is 12.4 Å². The predicted octanol–water partition coefficient (Wildman–Crippen LogP) is 3.14. The average Bonchev–Trinajstić information content (AvgIpc) is 3.03. The molecule has 1 aromatic rings. The fourth-order valence-electron chi connectivity index (χ4n) is 4.78. The summed E-state index contributed by atoms with van der Waals surface area (Å²) in [6.45, 7) is 4.14. The molecule has 138 valence electrons. The molecule has 2 saturated heterocycles. The van der Waals surface area contributed by atoms with Crippen molar-refractivity contribution in [2.45, 2.75) is 43.9 Å². The molecule has 3 fully saturated rings. The van der Waals surface area contributed by atoms with Gasteiger partial charge in [-0.3, -0.25) is 4.79 Å². The monoisotopic (exact) mass is 364 g/mol. The van der Waals surface area contributed by atoms with Crippen molar-refractivity contribution in [2.24, 2.45) is 5.41 Å². The van der Waals surface area contributed by atoms with Gasteiger partial charge in [0.25, 0.3) is 0 Å². The highest BCUT2D eigenvalue weighted by atomic mass is 35.5. The van der Waals surface area contributed by atoms with Crippen LogP contribution in [0.15, 0.2) is 24.3 Å². The van der Waals surface area contributed by atoms with Crippen molar-refractivity contribution in [2.75, 3.05) is 33.3 Å². The minimum absolute atomic E-state index is 0. The Balaban J connectivity index is 0.00000182. The molecule has 0 radical (unpaired) electrons. The molecule has 4 nitrogen and oxygen atoms in total. The number of nitrogens with one attached hydrogen (secondary N) is 1. The number of carbonyl (C=O) groups excluding carboxylic acids is 1. The van der Waals surface area contributed by atoms with Gasteiger partial charge in [-0.2, -0.15) is 0 Å². The molecule has 25 heavy (non-hydrogen) atoms. The Kier molecular flexibility index (Phi) is 5.31. The number of methoxy groups -OCH3 is 1. The summed E-state index contributed by atoms with van der Waals surface area (Å²) in [4.78, 5) is 15.5. The van der Waals surface area contributed by atoms with Gasteiger partial charge in [-0.1, -0.05) is 18.6 Å². The van der Waals surface area contributed by atoms with Crippen LogP contribution in [0.5, 0.6) is 5.75 Å². The Morgan fingerprint density at radius 3 is 2.24 bits per heavy atom. The molecule has 0 bridgehead atoms. The highest BCUT2D eigenvalue weighted by Crippen LogP contribution is 2.47. The van der Waals surface area contributed by atoms with Crippen LogP contribution in [0, 0.1) is 5.41 Å². The largest absolute Gasteiger partial charge is 0.497 e. The molecule has 1 N–H and O–H groups in total. The first-order valence-electron chi connectivity index (χ1n) is 9.32. The molecule has 4 rings (SSSR count). The number of amides is 1. The first-order chi connectivity index (χ1) is 11.7. The third kappa shape index (κ3) is 3.15. The SMILES string of the molecule is COc1ccc(C2(C(=O)N3CCC4(CCNC4)CC3)CCC2)cc1.Cl. The van der Waals surface area contributed by atoms with E-state index in [9.17, 15) is 4.79 Å². The molecular formula is C20H29ClN2O2. The fourth-order valence-corrected chi connectivity index (χ4v) is 4.78. The quantitative estimate of drug-likeness (QED) is 0.895. The Hall–Kier alpha value is -1.26. The Labute approximate surface area is 156 Å². The lowest BCUT2D eigenvalue weighted by molar-refractivity contribution is -0.143. The van der Waals surface area contributed by atoms with Gasteiger partial charge >= 0.3 is 0 Å². The number of hydrogen-bond donors (Lipinski definition) is 1. The molecule has 5 heteroatoms. The summed E-state index contributed by atoms with van der Waals surface area (Å²) in [7, 11) is 1.68. The molecular weight excluding hydrogens is 336 g/mol. The minimum Gasteiger partial charge on any atom is -0.497 e. The summed E-state index contributed by atoms with van der Waals surface area (Å²) in [6.07, 6.45) is 6.72. The van der Waals surface area contributed by atoms with Gasteiger partial charge in [0.1, 0.15) is 5.75 Å². The highest BCUT2D eigenvalue weighted by Gasteiger charge is 2.49. The zero-order valence-corrected chi connectivity index (χ0v) is 15.9. The number of likely N-dealkylation sites (tertiary alicyclic amines) is 1. The molecule has 2 heterocycles. The second-order valence-corrected chi connectivity index (χ2v) is 7.88. The van der Waals surface area contributed by atoms with Crippen LogP contribution in [-0.4, -0.2) is 44.1 Å². The van der Waals surface area contributed by atoms with Gasteiger partial charge in [-0.15, -0.1) is 12.4 Å². The van der Waals surface area contributed by atoms with E-state index in [-0.39, 0.29) is 17.8 Å². The maximum absolute atomic E-state index is 13.3. The number of carbonyl (C=O) groups is 1. The average molecular weight is 365 g/mol. The van der Waals surface area contributed by atoms with E-state index in [4.69, 9.17) is 4.74 Å². The molecule has 1 aromatic carbocycles. The van der Waals surface area contributed by atoms with E-state index >= 15 is 0 Å². The summed E-state index contributed by atoms with van der Waals surface area (Å²) in [5.41, 5.74) is 1.36. The standard InChI is InChI=1S/C20H28N2O2.ClH/c1-24-17-5-3-16(4-6-17)20(7-2-8-20)18(23)22-13-10-19(11-14-22)9-12-21-15-19;/h3-6,21H,2,7-15H2,1H3;1H. The van der Waals surface area contributed by atoms with Gasteiger partial charge in [-0.25, -0.2) is 0 Å². The molecule has 1 spiro atoms. The molecule has 0 unspecified atom stereocenters. The van der Waals surface area contributed by atoms with Gasteiger partial charge < -0.3 is 15.0 Å². The maximum atomic E-state index is 13.3. The Morgan fingerprint density at radius 1 is 1.08 bits per heavy atom. The number of halogens is 1. The van der Waals surface area contributed by atoms with E-state index in [1.807, 2.05) is 12.1 Å². The maximum Gasteiger partial charge on any atom is 0.233 e. The van der Waals surface area contributed by atoms with E-state index in [1.165, 1.54) is 12.0 Å². The third-order valence-corrected chi connectivity index (χ3v) is 6.70. The number of benzene rings is 1. The zero-order valence-electron chi connectivity index (χ0n) is 15.1. The molecule has 1 saturated carbocycles. The van der Waals surface area contributed by atoms with Crippen LogP contribution in [-0.2, 0) is 10.2 Å². The normalized spacial score (nSPS) is 23.6. The van der Waals surface area contributed by atoms with Crippen LogP contribution in [0.4, 0.5) is 0 Å². The van der Waals surface area contributed by atoms with E-state index in [0.29, 0.717) is 11.3 Å². The van der Waals surface area contributed by atoms with Gasteiger partial charge in [0.2, 0.25) is 5.91 Å². The van der Waals surface area contributed by atoms with Crippen LogP contribution in [0.2, 0.25) is 0 Å². The van der Waals surface area contributed by atoms with Crippen LogP contribution < -0.4 is 10.1 Å². The van der Waals surface area contributed by atoms with Crippen LogP contribution in [0.3, 0.4) is 0 Å². The van der Waals surface area contributed by atoms with Gasteiger partial charge in [-0.05, 0) is 61.8 Å². The van der Waals surface area contributed by atoms with E-state index in [2.05, 4.69) is 22.3 Å². The first kappa shape index (κ1) is 18.5. The lowest BCUT2D eigenvalue weighted by Gasteiger charge is -2.47. The number of nitrogens with zero attached hydrogens (tertiary/aromatic N) is 1. The predicted molar refractivity (Wildman–Crippen MR) is 102 cm³/mol. The van der Waals surface area contributed by atoms with Crippen molar-refractivity contribution in [1.82, 2.24) is 10.2 Å². The smallest absolute Gasteiger partial charge is 0.233 e. The second kappa shape index (κ2) is 7.16. The second-order valence-electron chi connectivity index (χ2n) is 7.88. The van der Waals surface area contributed by atoms with E-state index in [0.717, 1.165) is 64.0 Å². The lowest BCUT2D eigenvalue weighted by Crippen LogP contribution is -2.54. The first-order valence-corrected chi connectivity index (χ1v) is 9.32. The van der Waals surface area contributed by atoms with Crippen LogP contribution in [0.1, 0.15) is 44.1 Å². The van der Waals surface area contributed by atoms with Crippen molar-refractivity contribution in [3.63, 3.8) is 0 Å². The Bertz CT molecular complexity index is 597. The van der Waals surface area contributed by atoms with Crippen molar-refractivity contribution in [3.05, 3.63) is 29.8 Å². The van der Waals surface area contributed by atoms with Gasteiger partial charge in [0.15, 0.2) is 0 Å². The zero-order chi connectivity index (χ0) is 16.6. The number of ether oxygens (including phenoxy) is 1. The molecule has 0 atom stereocenters. The van der Waals surface area contributed by atoms with E-state index < -0.39 is 0 Å². The van der Waals surface area contributed by atoms with Crippen molar-refractivity contribution in [3.8, 4) is 5.75 Å². The number of rotatable bonds is 3. The van der Waals surface area contributed by atoms with Crippen LogP contribution in [0.25, 0.3) is 0 Å². The van der Waals surface area contributed by atoms with Crippen molar-refractivity contribution < 1.29 is 9.53 Å². The summed E-state index contributed by atoms with van der Waals surface area (Å²) in [6, 6.07) is 8.14. The molecule has 1 aliphatic carbocycles. The number of piperidine rings is 1. The molecule has 1 amide bonds. The highest BCUT2D eigenvalue weighted by molar-refractivity contribution is 5.89. The summed E-state index contributed by atoms with van der Waals surface area (Å²) in [5.74, 6) is 1.22. The topological polar surface area (TPSA) is 41.6 Å². The fraction of sp³-hybridized carbons (Fsp3) is 0.650. The van der Waals surface area contributed by atoms with Gasteiger partial charge in [0.05, 0.1) is 12.5 Å². The lowest BCUT2D eigenvalue weighted by atomic mass is 9.63. The molecule has 3 aliphatic rings. The summed E-state index contributed by atoms with van der Waals surface area (Å²) < 4.78 is 5.26. The molecule has 2 aliphatic heterocycles. The van der Waals surface area contributed by atoms with E-state index in [1.54, 1.807) is 7.11 Å². The van der Waals surface area contributed by atoms with Gasteiger partial charge in [0, 0.05) is 19.6 Å². The number of hydrogen-bond acceptors (Lipinski definition) is 3.